The number of nitrogens with zero attached hydrogens (tertiary/aromatic N) is 2. The van der Waals surface area contributed by atoms with Crippen LogP contribution < -0.4 is 0 Å². The molecule has 0 unspecified atom stereocenters. The van der Waals surface area contributed by atoms with E-state index in [4.69, 9.17) is 0 Å². The van der Waals surface area contributed by atoms with Crippen molar-refractivity contribution in [3.8, 4) is 0 Å². The van der Waals surface area contributed by atoms with Gasteiger partial charge in [-0.15, -0.1) is 0 Å². The molecule has 0 bridgehead atoms. The highest BCUT2D eigenvalue weighted by Gasteiger charge is 2.24. The SMILES string of the molecule is CS(=O)(=O)c1nc2ccccc2cc1[N+](=O)[O-]. The van der Waals surface area contributed by atoms with E-state index in [1.807, 2.05) is 0 Å². The number of aromatic nitrogens is 1. The van der Waals surface area contributed by atoms with E-state index in [9.17, 15) is 18.5 Å². The van der Waals surface area contributed by atoms with Crippen LogP contribution in [0.25, 0.3) is 10.9 Å². The van der Waals surface area contributed by atoms with Crippen LogP contribution in [0.1, 0.15) is 0 Å². The maximum Gasteiger partial charge on any atom is 0.307 e. The van der Waals surface area contributed by atoms with Crippen LogP contribution in [0.4, 0.5) is 5.69 Å². The third-order valence-electron chi connectivity index (χ3n) is 2.22. The first-order chi connectivity index (χ1) is 7.89. The quantitative estimate of drug-likeness (QED) is 0.597. The fourth-order valence-electron chi connectivity index (χ4n) is 1.49. The molecule has 0 aliphatic heterocycles. The summed E-state index contributed by atoms with van der Waals surface area (Å²) in [7, 11) is -3.72. The zero-order valence-corrected chi connectivity index (χ0v) is 9.64. The lowest BCUT2D eigenvalue weighted by atomic mass is 10.2. The van der Waals surface area contributed by atoms with Crippen LogP contribution >= 0.6 is 0 Å². The topological polar surface area (TPSA) is 90.2 Å². The predicted molar refractivity (Wildman–Crippen MR) is 61.5 cm³/mol. The summed E-state index contributed by atoms with van der Waals surface area (Å²) in [5.41, 5.74) is -0.0790. The summed E-state index contributed by atoms with van der Waals surface area (Å²) in [5, 5.41) is 10.8. The van der Waals surface area contributed by atoms with E-state index in [-0.39, 0.29) is 0 Å². The third kappa shape index (κ3) is 2.09. The van der Waals surface area contributed by atoms with Crippen molar-refractivity contribution < 1.29 is 13.3 Å². The highest BCUT2D eigenvalue weighted by molar-refractivity contribution is 7.90. The molecule has 0 N–H and O–H groups in total. The zero-order valence-electron chi connectivity index (χ0n) is 8.82. The Balaban J connectivity index is 2.90. The molecule has 0 radical (unpaired) electrons. The molecule has 2 rings (SSSR count). The fraction of sp³-hybridized carbons (Fsp3) is 0.100. The normalized spacial score (nSPS) is 11.6. The van der Waals surface area contributed by atoms with Crippen LogP contribution in [-0.4, -0.2) is 24.6 Å². The predicted octanol–water partition coefficient (Wildman–Crippen LogP) is 1.55. The Hall–Kier alpha value is -2.02. The van der Waals surface area contributed by atoms with Crippen molar-refractivity contribution in [3.63, 3.8) is 0 Å². The molecule has 0 atom stereocenters. The first kappa shape index (κ1) is 11.5. The van der Waals surface area contributed by atoms with Crippen LogP contribution in [0.2, 0.25) is 0 Å². The van der Waals surface area contributed by atoms with E-state index in [1.54, 1.807) is 24.3 Å². The Kier molecular flexibility index (Phi) is 2.55. The van der Waals surface area contributed by atoms with Crippen LogP contribution in [-0.2, 0) is 9.84 Å². The summed E-state index contributed by atoms with van der Waals surface area (Å²) in [5.74, 6) is 0. The molecular formula is C10H8N2O4S. The van der Waals surface area contributed by atoms with Crippen molar-refractivity contribution in [2.75, 3.05) is 6.26 Å². The molecule has 0 saturated carbocycles. The van der Waals surface area contributed by atoms with Gasteiger partial charge in [0, 0.05) is 17.7 Å². The first-order valence-electron chi connectivity index (χ1n) is 4.64. The monoisotopic (exact) mass is 252 g/mol. The number of rotatable bonds is 2. The van der Waals surface area contributed by atoms with Crippen molar-refractivity contribution in [1.82, 2.24) is 4.98 Å². The lowest BCUT2D eigenvalue weighted by molar-refractivity contribution is -0.388. The minimum atomic E-state index is -3.72. The van der Waals surface area contributed by atoms with Crippen molar-refractivity contribution >= 4 is 26.4 Å². The van der Waals surface area contributed by atoms with Crippen molar-refractivity contribution in [1.29, 1.82) is 0 Å². The van der Waals surface area contributed by atoms with Gasteiger partial charge in [0.1, 0.15) is 0 Å². The van der Waals surface area contributed by atoms with Gasteiger partial charge in [0.25, 0.3) is 0 Å². The van der Waals surface area contributed by atoms with Crippen LogP contribution in [0, 0.1) is 10.1 Å². The van der Waals surface area contributed by atoms with Crippen LogP contribution in [0.15, 0.2) is 35.4 Å². The largest absolute Gasteiger partial charge is 0.307 e. The first-order valence-corrected chi connectivity index (χ1v) is 6.53. The molecule has 0 spiro atoms. The second-order valence-corrected chi connectivity index (χ2v) is 5.47. The summed E-state index contributed by atoms with van der Waals surface area (Å²) in [4.78, 5) is 13.9. The molecule has 7 heteroatoms. The highest BCUT2D eigenvalue weighted by Crippen LogP contribution is 2.26. The Morgan fingerprint density at radius 2 is 1.94 bits per heavy atom. The average Bonchev–Trinajstić information content (AvgIpc) is 2.26. The molecule has 1 heterocycles. The average molecular weight is 252 g/mol. The van der Waals surface area contributed by atoms with Gasteiger partial charge in [-0.25, -0.2) is 13.4 Å². The van der Waals surface area contributed by atoms with E-state index in [0.717, 1.165) is 6.26 Å². The number of benzene rings is 1. The fourth-order valence-corrected chi connectivity index (χ4v) is 2.27. The molecule has 1 aromatic carbocycles. The molecule has 0 fully saturated rings. The molecule has 0 amide bonds. The summed E-state index contributed by atoms with van der Waals surface area (Å²) >= 11 is 0. The smallest absolute Gasteiger partial charge is 0.258 e. The van der Waals surface area contributed by atoms with E-state index >= 15 is 0 Å². The van der Waals surface area contributed by atoms with Crippen LogP contribution in [0.3, 0.4) is 0 Å². The molecule has 1 aromatic heterocycles. The zero-order chi connectivity index (χ0) is 12.6. The molecule has 0 saturated heterocycles. The summed E-state index contributed by atoms with van der Waals surface area (Å²) in [6, 6.07) is 7.86. The van der Waals surface area contributed by atoms with Gasteiger partial charge in [-0.05, 0) is 6.07 Å². The van der Waals surface area contributed by atoms with Crippen molar-refractivity contribution in [3.05, 3.63) is 40.4 Å². The summed E-state index contributed by atoms with van der Waals surface area (Å²) in [6.45, 7) is 0. The Bertz CT molecular complexity index is 709. The van der Waals surface area contributed by atoms with Crippen LogP contribution in [0.5, 0.6) is 0 Å². The molecular weight excluding hydrogens is 244 g/mol. The molecule has 0 aliphatic rings. The minimum Gasteiger partial charge on any atom is -0.258 e. The molecule has 17 heavy (non-hydrogen) atoms. The van der Waals surface area contributed by atoms with Gasteiger partial charge >= 0.3 is 5.69 Å². The Morgan fingerprint density at radius 1 is 1.29 bits per heavy atom. The van der Waals surface area contributed by atoms with Gasteiger partial charge in [-0.3, -0.25) is 10.1 Å². The van der Waals surface area contributed by atoms with Gasteiger partial charge < -0.3 is 0 Å². The minimum absolute atomic E-state index is 0.415. The number of hydrogen-bond donors (Lipinski definition) is 0. The van der Waals surface area contributed by atoms with Gasteiger partial charge in [0.2, 0.25) is 5.03 Å². The van der Waals surface area contributed by atoms with E-state index in [1.165, 1.54) is 6.07 Å². The van der Waals surface area contributed by atoms with Gasteiger partial charge in [0.05, 0.1) is 10.4 Å². The Morgan fingerprint density at radius 3 is 2.53 bits per heavy atom. The molecule has 88 valence electrons. The maximum atomic E-state index is 11.4. The number of nitro groups is 1. The lowest BCUT2D eigenvalue weighted by Crippen LogP contribution is -2.05. The number of sulfone groups is 1. The number of pyridine rings is 1. The van der Waals surface area contributed by atoms with Crippen molar-refractivity contribution in [2.45, 2.75) is 5.03 Å². The summed E-state index contributed by atoms with van der Waals surface area (Å²) < 4.78 is 22.9. The van der Waals surface area contributed by atoms with Gasteiger partial charge in [0.15, 0.2) is 9.84 Å². The van der Waals surface area contributed by atoms with E-state index in [2.05, 4.69) is 4.98 Å². The van der Waals surface area contributed by atoms with Gasteiger partial charge in [-0.2, -0.15) is 0 Å². The van der Waals surface area contributed by atoms with E-state index in [0.29, 0.717) is 10.9 Å². The van der Waals surface area contributed by atoms with Crippen molar-refractivity contribution in [2.24, 2.45) is 0 Å². The van der Waals surface area contributed by atoms with Gasteiger partial charge in [-0.1, -0.05) is 18.2 Å². The third-order valence-corrected chi connectivity index (χ3v) is 3.22. The highest BCUT2D eigenvalue weighted by atomic mass is 32.2. The Labute approximate surface area is 97.0 Å². The summed E-state index contributed by atoms with van der Waals surface area (Å²) in [6.07, 6.45) is 0.900. The molecule has 6 nitrogen and oxygen atoms in total. The number of hydrogen-bond acceptors (Lipinski definition) is 5. The maximum absolute atomic E-state index is 11.4. The second-order valence-electron chi connectivity index (χ2n) is 3.53. The standard InChI is InChI=1S/C10H8N2O4S/c1-17(15,16)10-9(12(13)14)6-7-4-2-3-5-8(7)11-10/h2-6H,1H3. The number of para-hydroxylation sites is 1. The molecule has 2 aromatic rings. The molecule has 0 aliphatic carbocycles. The second kappa shape index (κ2) is 3.77. The number of fused-ring (bicyclic) bond motifs is 1. The lowest BCUT2D eigenvalue weighted by Gasteiger charge is -2.02. The van der Waals surface area contributed by atoms with E-state index < -0.39 is 25.5 Å².